The van der Waals surface area contributed by atoms with Crippen molar-refractivity contribution in [3.63, 3.8) is 0 Å². The number of amides is 1. The smallest absolute Gasteiger partial charge is 0.387 e. The van der Waals surface area contributed by atoms with Crippen LogP contribution in [0.2, 0.25) is 0 Å². The van der Waals surface area contributed by atoms with Crippen LogP contribution in [0.15, 0.2) is 60.8 Å². The summed E-state index contributed by atoms with van der Waals surface area (Å²) in [5.74, 6) is -0.184. The fraction of sp³-hybridized carbons (Fsp3) is 0.833. The van der Waals surface area contributed by atoms with E-state index in [1.807, 2.05) is 27.2 Å². The lowest BCUT2D eigenvalue weighted by Crippen LogP contribution is -2.45. The maximum Gasteiger partial charge on any atom is 0.472 e. The standard InChI is InChI=1S/C66H125N2O6P/c1-6-8-10-12-14-16-18-20-22-24-26-28-29-30-31-32-33-34-35-36-37-38-40-41-43-45-47-49-51-53-55-57-59-65(69)64(63-74-75(71,72)73-62-61-68(3,4)5)67-66(70)60-58-56-54-52-50-48-46-44-42-39-27-25-23-21-19-17-15-13-11-9-7-2/h9,11,15,17,21,23,27,39,57,59,64-65,69H,6-8,10,12-14,16,18-20,22,24-26,28-38,40-56,58,60-63H2,1-5H3,(H-,67,70,71,72)/p+1/b11-9-,17-15-,23-21-,39-27-,59-57+. The average molecular weight is 1070 g/mol. The summed E-state index contributed by atoms with van der Waals surface area (Å²) in [5, 5.41) is 14.0. The molecule has 8 nitrogen and oxygen atoms in total. The van der Waals surface area contributed by atoms with Crippen LogP contribution in [-0.2, 0) is 18.4 Å². The number of aliphatic hydroxyl groups excluding tert-OH is 1. The van der Waals surface area contributed by atoms with Gasteiger partial charge in [0.1, 0.15) is 13.2 Å². The van der Waals surface area contributed by atoms with Gasteiger partial charge in [-0.05, 0) is 57.8 Å². The maximum absolute atomic E-state index is 13.0. The van der Waals surface area contributed by atoms with Gasteiger partial charge in [0.05, 0.1) is 39.9 Å². The van der Waals surface area contributed by atoms with Gasteiger partial charge < -0.3 is 19.8 Å². The number of hydrogen-bond acceptors (Lipinski definition) is 5. The molecular formula is C66H126N2O6P+. The summed E-state index contributed by atoms with van der Waals surface area (Å²) in [6.07, 6.45) is 77.8. The van der Waals surface area contributed by atoms with Gasteiger partial charge in [0.25, 0.3) is 0 Å². The van der Waals surface area contributed by atoms with Crippen molar-refractivity contribution in [3.05, 3.63) is 60.8 Å². The first kappa shape index (κ1) is 73.2. The zero-order chi connectivity index (χ0) is 54.9. The largest absolute Gasteiger partial charge is 0.472 e. The molecule has 1 amide bonds. The second-order valence-corrected chi connectivity index (χ2v) is 24.6. The van der Waals surface area contributed by atoms with Gasteiger partial charge in [-0.3, -0.25) is 13.8 Å². The Bertz CT molecular complexity index is 1400. The van der Waals surface area contributed by atoms with Crippen molar-refractivity contribution in [2.24, 2.45) is 0 Å². The summed E-state index contributed by atoms with van der Waals surface area (Å²) in [6, 6.07) is -0.855. The lowest BCUT2D eigenvalue weighted by atomic mass is 10.0. The number of aliphatic hydroxyl groups is 1. The molecule has 0 bridgehead atoms. The van der Waals surface area contributed by atoms with Crippen LogP contribution in [0.4, 0.5) is 0 Å². The highest BCUT2D eigenvalue weighted by atomic mass is 31.2. The molecule has 0 spiro atoms. The quantitative estimate of drug-likeness (QED) is 0.0243. The zero-order valence-electron chi connectivity index (χ0n) is 50.3. The Hall–Kier alpha value is -1.80. The summed E-state index contributed by atoms with van der Waals surface area (Å²) in [4.78, 5) is 23.4. The highest BCUT2D eigenvalue weighted by Crippen LogP contribution is 2.43. The van der Waals surface area contributed by atoms with E-state index in [1.165, 1.54) is 212 Å². The number of quaternary nitrogens is 1. The second-order valence-electron chi connectivity index (χ2n) is 23.1. The SMILES string of the molecule is CC/C=C\C/C=C\C/C=C\C/C=C\CCCCCCCCCCC(=O)NC(COP(=O)(O)OCC[N+](C)(C)C)C(O)/C=C/CCCCCCCCCCCCCCCCCCCCCCCCCCCCCCCC. The summed E-state index contributed by atoms with van der Waals surface area (Å²) in [7, 11) is 1.57. The Balaban J connectivity index is 4.10. The van der Waals surface area contributed by atoms with Crippen LogP contribution in [0.5, 0.6) is 0 Å². The minimum absolute atomic E-state index is 0.0580. The number of carbonyl (C=O) groups excluding carboxylic acids is 1. The molecule has 75 heavy (non-hydrogen) atoms. The fourth-order valence-electron chi connectivity index (χ4n) is 9.51. The third-order valence-electron chi connectivity index (χ3n) is 14.5. The van der Waals surface area contributed by atoms with Gasteiger partial charge in [-0.15, -0.1) is 0 Å². The highest BCUT2D eigenvalue weighted by molar-refractivity contribution is 7.47. The second kappa shape index (κ2) is 56.9. The van der Waals surface area contributed by atoms with Gasteiger partial charge in [0, 0.05) is 6.42 Å². The summed E-state index contributed by atoms with van der Waals surface area (Å²) in [5.41, 5.74) is 0. The van der Waals surface area contributed by atoms with Gasteiger partial charge in [-0.2, -0.15) is 0 Å². The van der Waals surface area contributed by atoms with Crippen LogP contribution in [0.3, 0.4) is 0 Å². The normalized spacial score (nSPS) is 14.2. The predicted molar refractivity (Wildman–Crippen MR) is 327 cm³/mol. The Morgan fingerprint density at radius 3 is 1.17 bits per heavy atom. The maximum atomic E-state index is 13.0. The fourth-order valence-corrected chi connectivity index (χ4v) is 10.2. The number of likely N-dealkylation sites (N-methyl/N-ethyl adjacent to an activating group) is 1. The molecule has 0 rings (SSSR count). The molecule has 0 aromatic carbocycles. The van der Waals surface area contributed by atoms with Crippen molar-refractivity contribution in [1.29, 1.82) is 0 Å². The molecule has 0 aliphatic heterocycles. The molecule has 3 atom stereocenters. The van der Waals surface area contributed by atoms with Crippen LogP contribution in [0.1, 0.15) is 303 Å². The van der Waals surface area contributed by atoms with Crippen LogP contribution < -0.4 is 5.32 Å². The first-order valence-corrected chi connectivity index (χ1v) is 33.7. The van der Waals surface area contributed by atoms with E-state index >= 15 is 0 Å². The molecule has 3 N–H and O–H groups in total. The van der Waals surface area contributed by atoms with Crippen molar-refractivity contribution in [1.82, 2.24) is 5.32 Å². The molecular weight excluding hydrogens is 948 g/mol. The number of rotatable bonds is 59. The Labute approximate surface area is 466 Å². The van der Waals surface area contributed by atoms with E-state index in [0.29, 0.717) is 17.4 Å². The van der Waals surface area contributed by atoms with E-state index in [0.717, 1.165) is 70.6 Å². The lowest BCUT2D eigenvalue weighted by molar-refractivity contribution is -0.870. The summed E-state index contributed by atoms with van der Waals surface area (Å²) in [6.45, 7) is 4.73. The lowest BCUT2D eigenvalue weighted by Gasteiger charge is -2.25. The first-order valence-electron chi connectivity index (χ1n) is 32.2. The van der Waals surface area contributed by atoms with Crippen molar-refractivity contribution in [3.8, 4) is 0 Å². The summed E-state index contributed by atoms with van der Waals surface area (Å²) < 4.78 is 23.8. The topological polar surface area (TPSA) is 105 Å². The number of nitrogens with one attached hydrogen (secondary N) is 1. The minimum Gasteiger partial charge on any atom is -0.387 e. The average Bonchev–Trinajstić information content (AvgIpc) is 3.37. The minimum atomic E-state index is -4.36. The molecule has 3 unspecified atom stereocenters. The third kappa shape index (κ3) is 59.7. The van der Waals surface area contributed by atoms with E-state index < -0.39 is 20.0 Å². The van der Waals surface area contributed by atoms with E-state index in [1.54, 1.807) is 6.08 Å². The van der Waals surface area contributed by atoms with Gasteiger partial charge >= 0.3 is 7.82 Å². The molecule has 0 fully saturated rings. The number of carbonyl (C=O) groups is 1. The van der Waals surface area contributed by atoms with E-state index in [2.05, 4.69) is 67.8 Å². The van der Waals surface area contributed by atoms with Crippen molar-refractivity contribution < 1.29 is 32.9 Å². The Morgan fingerprint density at radius 2 is 0.800 bits per heavy atom. The van der Waals surface area contributed by atoms with Crippen molar-refractivity contribution >= 4 is 13.7 Å². The van der Waals surface area contributed by atoms with E-state index in [4.69, 9.17) is 9.05 Å². The molecule has 0 aliphatic rings. The van der Waals surface area contributed by atoms with E-state index in [9.17, 15) is 19.4 Å². The molecule has 0 heterocycles. The molecule has 0 saturated heterocycles. The molecule has 0 aliphatic carbocycles. The molecule has 0 saturated carbocycles. The number of hydrogen-bond donors (Lipinski definition) is 3. The molecule has 440 valence electrons. The molecule has 0 aromatic heterocycles. The van der Waals surface area contributed by atoms with E-state index in [-0.39, 0.29) is 19.1 Å². The van der Waals surface area contributed by atoms with Gasteiger partial charge in [0.2, 0.25) is 5.91 Å². The number of allylic oxidation sites excluding steroid dienone is 9. The molecule has 0 radical (unpaired) electrons. The Morgan fingerprint density at radius 1 is 0.467 bits per heavy atom. The van der Waals surface area contributed by atoms with Crippen LogP contribution >= 0.6 is 7.82 Å². The zero-order valence-corrected chi connectivity index (χ0v) is 51.2. The van der Waals surface area contributed by atoms with Crippen molar-refractivity contribution in [2.75, 3.05) is 40.9 Å². The highest BCUT2D eigenvalue weighted by Gasteiger charge is 2.28. The predicted octanol–water partition coefficient (Wildman–Crippen LogP) is 20.0. The van der Waals surface area contributed by atoms with Crippen LogP contribution in [0, 0.1) is 0 Å². The summed E-state index contributed by atoms with van der Waals surface area (Å²) >= 11 is 0. The number of phosphoric acid groups is 1. The van der Waals surface area contributed by atoms with Crippen molar-refractivity contribution in [2.45, 2.75) is 315 Å². The third-order valence-corrected chi connectivity index (χ3v) is 15.5. The molecule has 9 heteroatoms. The van der Waals surface area contributed by atoms with Gasteiger partial charge in [-0.25, -0.2) is 4.57 Å². The van der Waals surface area contributed by atoms with Gasteiger partial charge in [0.15, 0.2) is 0 Å². The number of unbranched alkanes of at least 4 members (excludes halogenated alkanes) is 38. The van der Waals surface area contributed by atoms with Crippen LogP contribution in [0.25, 0.3) is 0 Å². The van der Waals surface area contributed by atoms with Crippen LogP contribution in [-0.4, -0.2) is 73.4 Å². The van der Waals surface area contributed by atoms with Gasteiger partial charge in [-0.1, -0.05) is 299 Å². The first-order chi connectivity index (χ1) is 36.5. The molecule has 0 aromatic rings. The monoisotopic (exact) mass is 1070 g/mol. The Kier molecular flexibility index (Phi) is 55.5. The number of phosphoric ester groups is 1. The number of nitrogens with zero attached hydrogens (tertiary/aromatic N) is 1.